The third-order valence-corrected chi connectivity index (χ3v) is 4.77. The van der Waals surface area contributed by atoms with Crippen LogP contribution < -0.4 is 4.74 Å². The van der Waals surface area contributed by atoms with Gasteiger partial charge in [-0.3, -0.25) is 9.69 Å². The van der Waals surface area contributed by atoms with E-state index >= 15 is 0 Å². The molecule has 156 valence electrons. The van der Waals surface area contributed by atoms with Gasteiger partial charge in [0.05, 0.1) is 6.54 Å². The van der Waals surface area contributed by atoms with Crippen LogP contribution in [-0.2, 0) is 4.79 Å². The first-order chi connectivity index (χ1) is 13.4. The number of rotatable bonds is 7. The number of aromatic hydroxyl groups is 1. The number of aryl methyl sites for hydroxylation is 1. The average Bonchev–Trinajstić information content (AvgIpc) is 2.61. The molecule has 4 heteroatoms. The van der Waals surface area contributed by atoms with Crippen LogP contribution in [0.2, 0.25) is 0 Å². The van der Waals surface area contributed by atoms with E-state index < -0.39 is 0 Å². The number of benzene rings is 1. The van der Waals surface area contributed by atoms with E-state index in [-0.39, 0.29) is 24.2 Å². The molecule has 1 unspecified atom stereocenters. The lowest BCUT2D eigenvalue weighted by molar-refractivity contribution is -0.135. The van der Waals surface area contributed by atoms with Crippen molar-refractivity contribution < 1.29 is 14.6 Å². The van der Waals surface area contributed by atoms with Crippen LogP contribution in [0.3, 0.4) is 0 Å². The standard InChI is InChI=1S/C21H31NO3.C3H6/c1-5-10-22(6-2)14-20(24)25-19-13-16(4)12-18(23)21(19)17-9-7-8-15(3)11-17;1-3-2/h11-13,17,23H,5-10,14H2,1-4H3;3H,1H2,2H3. The summed E-state index contributed by atoms with van der Waals surface area (Å²) >= 11 is 0. The average molecular weight is 388 g/mol. The maximum absolute atomic E-state index is 12.4. The zero-order valence-corrected chi connectivity index (χ0v) is 18.3. The second kappa shape index (κ2) is 12.4. The van der Waals surface area contributed by atoms with E-state index in [0.717, 1.165) is 49.9 Å². The number of hydrogen-bond acceptors (Lipinski definition) is 4. The quantitative estimate of drug-likeness (QED) is 0.368. The van der Waals surface area contributed by atoms with Crippen molar-refractivity contribution in [3.63, 3.8) is 0 Å². The first-order valence-electron chi connectivity index (χ1n) is 10.4. The zero-order chi connectivity index (χ0) is 21.1. The molecule has 0 spiro atoms. The molecule has 2 rings (SSSR count). The van der Waals surface area contributed by atoms with Gasteiger partial charge in [-0.1, -0.05) is 31.6 Å². The molecule has 1 aromatic carbocycles. The molecule has 0 saturated carbocycles. The molecule has 0 bridgehead atoms. The molecule has 0 heterocycles. The molecule has 28 heavy (non-hydrogen) atoms. The van der Waals surface area contributed by atoms with E-state index in [1.165, 1.54) is 5.57 Å². The Morgan fingerprint density at radius 2 is 2.04 bits per heavy atom. The van der Waals surface area contributed by atoms with Crippen LogP contribution in [0.15, 0.2) is 36.4 Å². The smallest absolute Gasteiger partial charge is 0.325 e. The van der Waals surface area contributed by atoms with Crippen molar-refractivity contribution in [1.29, 1.82) is 0 Å². The Kier molecular flexibility index (Phi) is 10.6. The number of hydrogen-bond donors (Lipinski definition) is 1. The maximum Gasteiger partial charge on any atom is 0.325 e. The maximum atomic E-state index is 12.4. The second-order valence-corrected chi connectivity index (χ2v) is 7.46. The number of carbonyl (C=O) groups is 1. The predicted octanol–water partition coefficient (Wildman–Crippen LogP) is 5.74. The van der Waals surface area contributed by atoms with Crippen LogP contribution in [-0.4, -0.2) is 35.6 Å². The van der Waals surface area contributed by atoms with Crippen molar-refractivity contribution in [3.05, 3.63) is 47.6 Å². The minimum absolute atomic E-state index is 0.107. The van der Waals surface area contributed by atoms with E-state index in [0.29, 0.717) is 5.75 Å². The summed E-state index contributed by atoms with van der Waals surface area (Å²) in [6, 6.07) is 3.61. The van der Waals surface area contributed by atoms with E-state index in [4.69, 9.17) is 4.74 Å². The Bertz CT molecular complexity index is 679. The van der Waals surface area contributed by atoms with Crippen LogP contribution in [0.25, 0.3) is 0 Å². The van der Waals surface area contributed by atoms with Crippen LogP contribution >= 0.6 is 0 Å². The number of allylic oxidation sites excluding steroid dienone is 3. The molecule has 0 saturated heterocycles. The number of phenolic OH excluding ortho intramolecular Hbond substituents is 1. The van der Waals surface area contributed by atoms with E-state index in [9.17, 15) is 9.90 Å². The van der Waals surface area contributed by atoms with Crippen LogP contribution in [0.1, 0.15) is 70.4 Å². The number of phenols is 1. The summed E-state index contributed by atoms with van der Waals surface area (Å²) in [5.41, 5.74) is 2.96. The molecule has 1 aliphatic carbocycles. The molecule has 0 aliphatic heterocycles. The molecule has 0 aromatic heterocycles. The van der Waals surface area contributed by atoms with Crippen LogP contribution in [0.4, 0.5) is 0 Å². The molecule has 1 atom stereocenters. The lowest BCUT2D eigenvalue weighted by Gasteiger charge is -2.24. The van der Waals surface area contributed by atoms with Gasteiger partial charge in [-0.2, -0.15) is 0 Å². The third kappa shape index (κ3) is 7.51. The minimum atomic E-state index is -0.266. The Hall–Kier alpha value is -2.07. The van der Waals surface area contributed by atoms with Crippen molar-refractivity contribution in [2.24, 2.45) is 0 Å². The van der Waals surface area contributed by atoms with Gasteiger partial charge in [0, 0.05) is 11.5 Å². The Morgan fingerprint density at radius 3 is 2.61 bits per heavy atom. The van der Waals surface area contributed by atoms with Crippen molar-refractivity contribution in [2.75, 3.05) is 19.6 Å². The Balaban J connectivity index is 0.00000122. The predicted molar refractivity (Wildman–Crippen MR) is 117 cm³/mol. The van der Waals surface area contributed by atoms with Gasteiger partial charge in [0.15, 0.2) is 0 Å². The number of ether oxygens (including phenoxy) is 1. The molecule has 1 N–H and O–H groups in total. The van der Waals surface area contributed by atoms with Gasteiger partial charge < -0.3 is 9.84 Å². The van der Waals surface area contributed by atoms with Crippen molar-refractivity contribution in [2.45, 2.75) is 66.2 Å². The summed E-state index contributed by atoms with van der Waals surface area (Å²) in [7, 11) is 0. The fourth-order valence-electron chi connectivity index (χ4n) is 3.54. The largest absolute Gasteiger partial charge is 0.507 e. The third-order valence-electron chi connectivity index (χ3n) is 4.77. The van der Waals surface area contributed by atoms with Gasteiger partial charge >= 0.3 is 5.97 Å². The Labute approximate surface area is 170 Å². The molecule has 1 aliphatic rings. The minimum Gasteiger partial charge on any atom is -0.507 e. The first-order valence-corrected chi connectivity index (χ1v) is 10.4. The highest BCUT2D eigenvalue weighted by Crippen LogP contribution is 2.41. The normalized spacial score (nSPS) is 16.1. The second-order valence-electron chi connectivity index (χ2n) is 7.46. The SMILES string of the molecule is C=CC.CCCN(CC)CC(=O)Oc1cc(C)cc(O)c1C1C=C(C)CCC1. The van der Waals surface area contributed by atoms with Crippen LogP contribution in [0, 0.1) is 6.92 Å². The highest BCUT2D eigenvalue weighted by atomic mass is 16.5. The van der Waals surface area contributed by atoms with Crippen molar-refractivity contribution >= 4 is 5.97 Å². The number of esters is 1. The monoisotopic (exact) mass is 387 g/mol. The number of nitrogens with zero attached hydrogens (tertiary/aromatic N) is 1. The molecule has 0 amide bonds. The molecular formula is C24H37NO3. The molecule has 0 fully saturated rings. The molecule has 4 nitrogen and oxygen atoms in total. The van der Waals surface area contributed by atoms with E-state index in [1.54, 1.807) is 12.1 Å². The fourth-order valence-corrected chi connectivity index (χ4v) is 3.54. The van der Waals surface area contributed by atoms with Gasteiger partial charge in [0.1, 0.15) is 11.5 Å². The summed E-state index contributed by atoms with van der Waals surface area (Å²) in [5.74, 6) is 0.568. The topological polar surface area (TPSA) is 49.8 Å². The van der Waals surface area contributed by atoms with Crippen molar-refractivity contribution in [3.8, 4) is 11.5 Å². The Morgan fingerprint density at radius 1 is 1.36 bits per heavy atom. The summed E-state index contributed by atoms with van der Waals surface area (Å²) < 4.78 is 5.70. The van der Waals surface area contributed by atoms with Crippen molar-refractivity contribution in [1.82, 2.24) is 4.90 Å². The summed E-state index contributed by atoms with van der Waals surface area (Å²) in [6.07, 6.45) is 8.11. The molecule has 0 radical (unpaired) electrons. The summed E-state index contributed by atoms with van der Waals surface area (Å²) in [5, 5.41) is 10.5. The van der Waals surface area contributed by atoms with E-state index in [2.05, 4.69) is 31.4 Å². The summed E-state index contributed by atoms with van der Waals surface area (Å²) in [4.78, 5) is 14.5. The van der Waals surface area contributed by atoms with Gasteiger partial charge in [0.2, 0.25) is 0 Å². The lowest BCUT2D eigenvalue weighted by atomic mass is 9.85. The number of likely N-dealkylation sites (N-methyl/N-ethyl adjacent to an activating group) is 1. The fraction of sp³-hybridized carbons (Fsp3) is 0.542. The highest BCUT2D eigenvalue weighted by Gasteiger charge is 2.23. The lowest BCUT2D eigenvalue weighted by Crippen LogP contribution is -2.33. The molecule has 1 aromatic rings. The van der Waals surface area contributed by atoms with Crippen LogP contribution in [0.5, 0.6) is 11.5 Å². The summed E-state index contributed by atoms with van der Waals surface area (Å²) in [6.45, 7) is 15.4. The van der Waals surface area contributed by atoms with Gasteiger partial charge in [-0.25, -0.2) is 0 Å². The number of carbonyl (C=O) groups excluding carboxylic acids is 1. The van der Waals surface area contributed by atoms with Gasteiger partial charge in [-0.15, -0.1) is 6.58 Å². The van der Waals surface area contributed by atoms with Gasteiger partial charge in [0.25, 0.3) is 0 Å². The zero-order valence-electron chi connectivity index (χ0n) is 18.3. The van der Waals surface area contributed by atoms with E-state index in [1.807, 2.05) is 26.8 Å². The first kappa shape index (κ1) is 24.0. The highest BCUT2D eigenvalue weighted by molar-refractivity contribution is 5.75. The van der Waals surface area contributed by atoms with Gasteiger partial charge in [-0.05, 0) is 77.2 Å². The molecular weight excluding hydrogens is 350 g/mol.